The van der Waals surface area contributed by atoms with Crippen LogP contribution in [0.2, 0.25) is 0 Å². The van der Waals surface area contributed by atoms with Crippen molar-refractivity contribution in [2.45, 2.75) is 64.1 Å². The van der Waals surface area contributed by atoms with Crippen molar-refractivity contribution in [2.24, 2.45) is 10.7 Å². The molecule has 43 heavy (non-hydrogen) atoms. The highest BCUT2D eigenvalue weighted by Crippen LogP contribution is 2.34. The minimum Gasteiger partial charge on any atom is -0.392 e. The summed E-state index contributed by atoms with van der Waals surface area (Å²) in [4.78, 5) is 22.4. The van der Waals surface area contributed by atoms with Crippen molar-refractivity contribution in [1.29, 1.82) is 5.41 Å². The summed E-state index contributed by atoms with van der Waals surface area (Å²) in [6.07, 6.45) is 5.40. The number of aliphatic hydroxyl groups excluding tert-OH is 1. The Morgan fingerprint density at radius 1 is 1.16 bits per heavy atom. The molecular weight excluding hydrogens is 540 g/mol. The molecule has 4 aromatic rings. The molecule has 2 aliphatic rings. The lowest BCUT2D eigenvalue weighted by Gasteiger charge is -2.32. The number of nitrogens with zero attached hydrogens (tertiary/aromatic N) is 4. The van der Waals surface area contributed by atoms with E-state index in [4.69, 9.17) is 16.2 Å². The normalized spacial score (nSPS) is 19.3. The number of aliphatic imine (C=N–C) groups is 1. The van der Waals surface area contributed by atoms with Crippen molar-refractivity contribution in [3.63, 3.8) is 0 Å². The van der Waals surface area contributed by atoms with E-state index in [2.05, 4.69) is 57.9 Å². The van der Waals surface area contributed by atoms with E-state index in [1.54, 1.807) is 0 Å². The number of amides is 1. The summed E-state index contributed by atoms with van der Waals surface area (Å²) in [6.45, 7) is 6.64. The average molecular weight is 583 g/mol. The maximum absolute atomic E-state index is 12.9. The van der Waals surface area contributed by atoms with E-state index < -0.39 is 0 Å². The van der Waals surface area contributed by atoms with Gasteiger partial charge in [0, 0.05) is 60.9 Å². The molecule has 226 valence electrons. The van der Waals surface area contributed by atoms with Gasteiger partial charge in [-0.15, -0.1) is 0 Å². The van der Waals surface area contributed by atoms with Gasteiger partial charge in [-0.25, -0.2) is 4.99 Å². The fourth-order valence-corrected chi connectivity index (χ4v) is 6.08. The highest BCUT2D eigenvalue weighted by molar-refractivity contribution is 6.05. The molecule has 2 aliphatic heterocycles. The van der Waals surface area contributed by atoms with Gasteiger partial charge in [-0.05, 0) is 42.5 Å². The lowest BCUT2D eigenvalue weighted by atomic mass is 9.92. The number of hydrogen-bond acceptors (Lipinski definition) is 5. The number of fused-ring (bicyclic) bond motifs is 1. The molecule has 0 aliphatic carbocycles. The fraction of sp³-hybridized carbons (Fsp3) is 0.394. The van der Waals surface area contributed by atoms with Gasteiger partial charge in [0.1, 0.15) is 12.2 Å². The standard InChI is InChI=1S/C31H36N8O2.C2H6/c32-19-35-31(33)30-26(22-6-7-23-18-39(37-28(23)12-22)17-20-4-2-1-3-5-20)15-27(36-30)21-8-10-38(11-9-21)29(41)14-24-13-25(40)16-34-24;1-2/h1-7,12,15,18-19,21,24-25,34,36,40H,8-11,13-14,16-17H2,(H3,32,33,35);1-2H3. The number of piperidine rings is 1. The third kappa shape index (κ3) is 7.03. The molecule has 0 bridgehead atoms. The number of H-pyrrole nitrogens is 1. The van der Waals surface area contributed by atoms with E-state index in [0.717, 1.165) is 46.9 Å². The second kappa shape index (κ2) is 13.8. The monoisotopic (exact) mass is 582 g/mol. The second-order valence-electron chi connectivity index (χ2n) is 11.1. The maximum Gasteiger partial charge on any atom is 0.224 e. The number of likely N-dealkylation sites (tertiary alicyclic amines) is 1. The zero-order valence-corrected chi connectivity index (χ0v) is 25.0. The number of nitrogens with one attached hydrogen (secondary N) is 3. The van der Waals surface area contributed by atoms with Gasteiger partial charge in [-0.3, -0.25) is 14.9 Å². The van der Waals surface area contributed by atoms with Gasteiger partial charge in [-0.1, -0.05) is 56.3 Å². The predicted molar refractivity (Wildman–Crippen MR) is 172 cm³/mol. The fourth-order valence-electron chi connectivity index (χ4n) is 6.08. The molecule has 0 spiro atoms. The minimum atomic E-state index is -0.357. The lowest BCUT2D eigenvalue weighted by Crippen LogP contribution is -2.40. The summed E-state index contributed by atoms with van der Waals surface area (Å²) in [5.41, 5.74) is 12.0. The Morgan fingerprint density at radius 2 is 1.93 bits per heavy atom. The van der Waals surface area contributed by atoms with Crippen LogP contribution < -0.4 is 11.1 Å². The van der Waals surface area contributed by atoms with Crippen molar-refractivity contribution in [3.05, 3.63) is 77.7 Å². The van der Waals surface area contributed by atoms with Gasteiger partial charge in [-0.2, -0.15) is 5.10 Å². The Labute approximate surface area is 252 Å². The second-order valence-corrected chi connectivity index (χ2v) is 11.1. The van der Waals surface area contributed by atoms with Crippen molar-refractivity contribution < 1.29 is 9.90 Å². The summed E-state index contributed by atoms with van der Waals surface area (Å²) in [6, 6.07) is 18.7. The number of nitrogens with two attached hydrogens (primary N) is 1. The summed E-state index contributed by atoms with van der Waals surface area (Å²) >= 11 is 0. The van der Waals surface area contributed by atoms with Crippen LogP contribution in [0.25, 0.3) is 22.0 Å². The van der Waals surface area contributed by atoms with Crippen LogP contribution in [0.15, 0.2) is 65.8 Å². The number of hydrogen-bond donors (Lipinski definition) is 5. The Morgan fingerprint density at radius 3 is 2.63 bits per heavy atom. The van der Waals surface area contributed by atoms with E-state index in [1.807, 2.05) is 41.6 Å². The zero-order chi connectivity index (χ0) is 30.3. The van der Waals surface area contributed by atoms with E-state index in [9.17, 15) is 9.90 Å². The number of aliphatic hydroxyl groups is 1. The number of carbonyl (C=O) groups excluding carboxylic acids is 1. The van der Waals surface area contributed by atoms with Gasteiger partial charge in [0.2, 0.25) is 5.91 Å². The van der Waals surface area contributed by atoms with Crippen LogP contribution in [-0.4, -0.2) is 74.6 Å². The molecule has 0 saturated carbocycles. The summed E-state index contributed by atoms with van der Waals surface area (Å²) < 4.78 is 1.96. The molecule has 10 heteroatoms. The number of aromatic nitrogens is 3. The quantitative estimate of drug-likeness (QED) is 0.156. The molecule has 2 aromatic heterocycles. The number of carbonyl (C=O) groups is 1. The van der Waals surface area contributed by atoms with Crippen molar-refractivity contribution in [2.75, 3.05) is 19.6 Å². The van der Waals surface area contributed by atoms with Crippen LogP contribution in [0.4, 0.5) is 0 Å². The Balaban J connectivity index is 0.00000180. The number of benzene rings is 2. The summed E-state index contributed by atoms with van der Waals surface area (Å²) in [5.74, 6) is 0.652. The number of β-amino-alcohol motifs (C(OH)–C–C–N with tert-alkyl or cyclic N) is 1. The molecule has 2 saturated heterocycles. The first-order chi connectivity index (χ1) is 21.0. The minimum absolute atomic E-state index is 0.0573. The SMILES string of the molecule is CC.N=CN=C(N)c1[nH]c(C2CCN(C(=O)CC3CC(O)CN3)CC2)cc1-c1ccc2cn(Cc3ccccc3)nc2c1. The molecule has 2 fully saturated rings. The van der Waals surface area contributed by atoms with Gasteiger partial charge in [0.15, 0.2) is 0 Å². The third-order valence-electron chi connectivity index (χ3n) is 8.26. The van der Waals surface area contributed by atoms with E-state index in [-0.39, 0.29) is 29.8 Å². The average Bonchev–Trinajstić information content (AvgIpc) is 3.76. The van der Waals surface area contributed by atoms with Gasteiger partial charge in [0.05, 0.1) is 23.9 Å². The van der Waals surface area contributed by atoms with Crippen LogP contribution in [0.5, 0.6) is 0 Å². The van der Waals surface area contributed by atoms with E-state index >= 15 is 0 Å². The van der Waals surface area contributed by atoms with Crippen LogP contribution in [0.1, 0.15) is 62.4 Å². The van der Waals surface area contributed by atoms with Gasteiger partial charge >= 0.3 is 0 Å². The van der Waals surface area contributed by atoms with Crippen LogP contribution in [0.3, 0.4) is 0 Å². The smallest absolute Gasteiger partial charge is 0.224 e. The number of aromatic amines is 1. The van der Waals surface area contributed by atoms with E-state index in [1.165, 1.54) is 5.56 Å². The number of amidine groups is 1. The molecule has 2 atom stereocenters. The summed E-state index contributed by atoms with van der Waals surface area (Å²) in [5, 5.41) is 26.3. The Bertz CT molecular complexity index is 1570. The molecule has 4 heterocycles. The summed E-state index contributed by atoms with van der Waals surface area (Å²) in [7, 11) is 0. The van der Waals surface area contributed by atoms with Crippen molar-refractivity contribution >= 4 is 29.0 Å². The molecule has 6 rings (SSSR count). The number of rotatable bonds is 8. The molecule has 2 aromatic carbocycles. The molecule has 1 amide bonds. The van der Waals surface area contributed by atoms with Crippen LogP contribution in [0, 0.1) is 5.41 Å². The highest BCUT2D eigenvalue weighted by Gasteiger charge is 2.30. The first-order valence-electron chi connectivity index (χ1n) is 15.2. The highest BCUT2D eigenvalue weighted by atomic mass is 16.3. The molecule has 0 radical (unpaired) electrons. The first kappa shape index (κ1) is 30.2. The Kier molecular flexibility index (Phi) is 9.68. The van der Waals surface area contributed by atoms with E-state index in [0.29, 0.717) is 44.7 Å². The largest absolute Gasteiger partial charge is 0.392 e. The van der Waals surface area contributed by atoms with Crippen LogP contribution in [-0.2, 0) is 11.3 Å². The van der Waals surface area contributed by atoms with Gasteiger partial charge in [0.25, 0.3) is 0 Å². The lowest BCUT2D eigenvalue weighted by molar-refractivity contribution is -0.132. The molecule has 6 N–H and O–H groups in total. The maximum atomic E-state index is 12.9. The first-order valence-corrected chi connectivity index (χ1v) is 15.2. The molecular formula is C33H42N8O2. The van der Waals surface area contributed by atoms with Gasteiger partial charge < -0.3 is 26.0 Å². The molecule has 2 unspecified atom stereocenters. The predicted octanol–water partition coefficient (Wildman–Crippen LogP) is 4.24. The molecule has 10 nitrogen and oxygen atoms in total. The Hall–Kier alpha value is -4.28. The van der Waals surface area contributed by atoms with Crippen molar-refractivity contribution in [1.82, 2.24) is 25.0 Å². The topological polar surface area (TPSA) is 148 Å². The third-order valence-corrected chi connectivity index (χ3v) is 8.26. The van der Waals surface area contributed by atoms with Crippen LogP contribution >= 0.6 is 0 Å². The zero-order valence-electron chi connectivity index (χ0n) is 25.0. The van der Waals surface area contributed by atoms with Crippen molar-refractivity contribution in [3.8, 4) is 11.1 Å².